The van der Waals surface area contributed by atoms with Crippen LogP contribution in [0.25, 0.3) is 0 Å². The van der Waals surface area contributed by atoms with E-state index in [0.29, 0.717) is 18.0 Å². The zero-order chi connectivity index (χ0) is 16.6. The van der Waals surface area contributed by atoms with Crippen LogP contribution in [0.4, 0.5) is 16.2 Å². The Morgan fingerprint density at radius 3 is 3.00 bits per heavy atom. The number of nitrogens with zero attached hydrogens (tertiary/aromatic N) is 2. The van der Waals surface area contributed by atoms with Crippen molar-refractivity contribution in [2.45, 2.75) is 12.1 Å². The van der Waals surface area contributed by atoms with Gasteiger partial charge in [0.25, 0.3) is 0 Å². The smallest absolute Gasteiger partial charge is 0.414 e. The van der Waals surface area contributed by atoms with Crippen molar-refractivity contribution in [1.29, 1.82) is 0 Å². The van der Waals surface area contributed by atoms with Gasteiger partial charge >= 0.3 is 12.1 Å². The van der Waals surface area contributed by atoms with Crippen molar-refractivity contribution < 1.29 is 23.8 Å². The number of methoxy groups -OCH3 is 1. The summed E-state index contributed by atoms with van der Waals surface area (Å²) in [5, 5.41) is 0. The fourth-order valence-electron chi connectivity index (χ4n) is 2.69. The molecule has 1 amide bonds. The zero-order valence-electron chi connectivity index (χ0n) is 13.0. The maximum absolute atomic E-state index is 12.1. The Morgan fingerprint density at radius 2 is 2.26 bits per heavy atom. The van der Waals surface area contributed by atoms with Crippen LogP contribution in [-0.4, -0.2) is 58.1 Å². The van der Waals surface area contributed by atoms with E-state index >= 15 is 0 Å². The summed E-state index contributed by atoms with van der Waals surface area (Å²) in [5.41, 5.74) is 7.36. The summed E-state index contributed by atoms with van der Waals surface area (Å²) in [5.74, 6) is 0.102. The SMILES string of the molecule is COC(=O)C(N)[C@@H]1CN(c2ccc3c(c2)OCCN3C)C(=O)O1. The summed E-state index contributed by atoms with van der Waals surface area (Å²) in [4.78, 5) is 27.1. The number of carbonyl (C=O) groups excluding carboxylic acids is 2. The number of amides is 1. The summed E-state index contributed by atoms with van der Waals surface area (Å²) >= 11 is 0. The largest absolute Gasteiger partial charge is 0.489 e. The number of anilines is 2. The van der Waals surface area contributed by atoms with Gasteiger partial charge in [-0.1, -0.05) is 0 Å². The highest BCUT2D eigenvalue weighted by Gasteiger charge is 2.39. The fourth-order valence-corrected chi connectivity index (χ4v) is 2.69. The summed E-state index contributed by atoms with van der Waals surface area (Å²) in [6.45, 7) is 1.59. The van der Waals surface area contributed by atoms with Gasteiger partial charge in [0.05, 0.1) is 31.6 Å². The Bertz CT molecular complexity index is 636. The number of hydrogen-bond acceptors (Lipinski definition) is 7. The molecule has 1 fully saturated rings. The van der Waals surface area contributed by atoms with Gasteiger partial charge in [0.2, 0.25) is 0 Å². The summed E-state index contributed by atoms with van der Waals surface area (Å²) in [6.07, 6.45) is -1.28. The average Bonchev–Trinajstić information content (AvgIpc) is 2.95. The molecule has 3 rings (SSSR count). The highest BCUT2D eigenvalue weighted by atomic mass is 16.6. The second-order valence-electron chi connectivity index (χ2n) is 5.50. The van der Waals surface area contributed by atoms with Crippen molar-refractivity contribution in [3.63, 3.8) is 0 Å². The van der Waals surface area contributed by atoms with Crippen LogP contribution in [0.2, 0.25) is 0 Å². The minimum Gasteiger partial charge on any atom is -0.489 e. The number of hydrogen-bond donors (Lipinski definition) is 1. The van der Waals surface area contributed by atoms with Crippen LogP contribution in [0.1, 0.15) is 0 Å². The quantitative estimate of drug-likeness (QED) is 0.802. The number of esters is 1. The lowest BCUT2D eigenvalue weighted by Gasteiger charge is -2.28. The van der Waals surface area contributed by atoms with E-state index in [4.69, 9.17) is 15.2 Å². The van der Waals surface area contributed by atoms with E-state index in [1.165, 1.54) is 12.0 Å². The van der Waals surface area contributed by atoms with Crippen molar-refractivity contribution in [3.05, 3.63) is 18.2 Å². The van der Waals surface area contributed by atoms with Crippen LogP contribution in [0.15, 0.2) is 18.2 Å². The van der Waals surface area contributed by atoms with Crippen molar-refractivity contribution in [1.82, 2.24) is 0 Å². The number of ether oxygens (including phenoxy) is 3. The molecule has 8 nitrogen and oxygen atoms in total. The molecule has 2 heterocycles. The van der Waals surface area contributed by atoms with Gasteiger partial charge in [-0.15, -0.1) is 0 Å². The first-order chi connectivity index (χ1) is 11.0. The summed E-state index contributed by atoms with van der Waals surface area (Å²) in [6, 6.07) is 4.49. The van der Waals surface area contributed by atoms with E-state index in [9.17, 15) is 9.59 Å². The highest BCUT2D eigenvalue weighted by molar-refractivity contribution is 5.91. The maximum Gasteiger partial charge on any atom is 0.414 e. The fraction of sp³-hybridized carbons (Fsp3) is 0.467. The number of benzene rings is 1. The van der Waals surface area contributed by atoms with Crippen molar-refractivity contribution in [2.75, 3.05) is 43.7 Å². The Kier molecular flexibility index (Phi) is 3.99. The Morgan fingerprint density at radius 1 is 1.48 bits per heavy atom. The summed E-state index contributed by atoms with van der Waals surface area (Å²) in [7, 11) is 3.23. The molecule has 2 atom stereocenters. The highest BCUT2D eigenvalue weighted by Crippen LogP contribution is 2.35. The molecule has 1 aromatic carbocycles. The van der Waals surface area contributed by atoms with E-state index in [0.717, 1.165) is 12.2 Å². The van der Waals surface area contributed by atoms with Crippen LogP contribution >= 0.6 is 0 Å². The molecule has 2 aliphatic heterocycles. The van der Waals surface area contributed by atoms with E-state index in [1.807, 2.05) is 19.2 Å². The van der Waals surface area contributed by atoms with E-state index in [2.05, 4.69) is 9.64 Å². The Hall–Kier alpha value is -2.48. The van der Waals surface area contributed by atoms with Gasteiger partial charge in [-0.2, -0.15) is 0 Å². The van der Waals surface area contributed by atoms with E-state index in [-0.39, 0.29) is 6.54 Å². The second kappa shape index (κ2) is 5.96. The van der Waals surface area contributed by atoms with Crippen LogP contribution in [0.5, 0.6) is 5.75 Å². The van der Waals surface area contributed by atoms with Gasteiger partial charge in [0, 0.05) is 13.1 Å². The maximum atomic E-state index is 12.1. The first-order valence-electron chi connectivity index (χ1n) is 7.31. The number of nitrogens with two attached hydrogens (primary N) is 1. The first kappa shape index (κ1) is 15.4. The van der Waals surface area contributed by atoms with Crippen LogP contribution < -0.4 is 20.3 Å². The molecule has 0 radical (unpaired) electrons. The predicted molar refractivity (Wildman–Crippen MR) is 82.8 cm³/mol. The van der Waals surface area contributed by atoms with E-state index in [1.54, 1.807) is 6.07 Å². The molecule has 0 aromatic heterocycles. The average molecular weight is 321 g/mol. The van der Waals surface area contributed by atoms with Gasteiger partial charge in [-0.3, -0.25) is 9.69 Å². The first-order valence-corrected chi connectivity index (χ1v) is 7.31. The van der Waals surface area contributed by atoms with Gasteiger partial charge in [0.1, 0.15) is 24.5 Å². The number of rotatable bonds is 3. The molecule has 124 valence electrons. The predicted octanol–water partition coefficient (Wildman–Crippen LogP) is 0.341. The normalized spacial score (nSPS) is 21.3. The third-order valence-electron chi connectivity index (χ3n) is 4.06. The molecule has 2 aliphatic rings. The molecular formula is C15H19N3O5. The number of likely N-dealkylation sites (N-methyl/N-ethyl adjacent to an activating group) is 1. The molecule has 0 saturated carbocycles. The molecule has 0 spiro atoms. The second-order valence-corrected chi connectivity index (χ2v) is 5.50. The van der Waals surface area contributed by atoms with Crippen LogP contribution in [0.3, 0.4) is 0 Å². The molecule has 8 heteroatoms. The molecule has 1 unspecified atom stereocenters. The van der Waals surface area contributed by atoms with Gasteiger partial charge in [-0.05, 0) is 12.1 Å². The molecule has 1 aromatic rings. The van der Waals surface area contributed by atoms with Crippen molar-refractivity contribution >= 4 is 23.4 Å². The number of cyclic esters (lactones) is 1. The Labute approximate surface area is 133 Å². The lowest BCUT2D eigenvalue weighted by Crippen LogP contribution is -2.44. The topological polar surface area (TPSA) is 94.3 Å². The third kappa shape index (κ3) is 2.77. The molecule has 2 N–H and O–H groups in total. The lowest BCUT2D eigenvalue weighted by molar-refractivity contribution is -0.144. The molecule has 0 aliphatic carbocycles. The number of carbonyl (C=O) groups is 2. The van der Waals surface area contributed by atoms with Crippen molar-refractivity contribution in [3.8, 4) is 5.75 Å². The number of fused-ring (bicyclic) bond motifs is 1. The summed E-state index contributed by atoms with van der Waals surface area (Å²) < 4.78 is 15.4. The third-order valence-corrected chi connectivity index (χ3v) is 4.06. The lowest BCUT2D eigenvalue weighted by atomic mass is 10.1. The van der Waals surface area contributed by atoms with Gasteiger partial charge < -0.3 is 24.8 Å². The monoisotopic (exact) mass is 321 g/mol. The van der Waals surface area contributed by atoms with Gasteiger partial charge in [-0.25, -0.2) is 4.79 Å². The zero-order valence-corrected chi connectivity index (χ0v) is 13.0. The minimum absolute atomic E-state index is 0.184. The molecular weight excluding hydrogens is 302 g/mol. The standard InChI is InChI=1S/C15H19N3O5/c1-17-5-6-22-11-7-9(3-4-10(11)17)18-8-12(23-15(18)20)13(16)14(19)21-2/h3-4,7,12-13H,5-6,8,16H2,1-2H3/t12-,13?/m0/s1. The molecule has 23 heavy (non-hydrogen) atoms. The van der Waals surface area contributed by atoms with E-state index < -0.39 is 24.2 Å². The molecule has 1 saturated heterocycles. The van der Waals surface area contributed by atoms with Crippen LogP contribution in [0, 0.1) is 0 Å². The van der Waals surface area contributed by atoms with Crippen LogP contribution in [-0.2, 0) is 14.3 Å². The Balaban J connectivity index is 1.80. The van der Waals surface area contributed by atoms with Gasteiger partial charge in [0.15, 0.2) is 0 Å². The minimum atomic E-state index is -1.01. The molecule has 0 bridgehead atoms. The van der Waals surface area contributed by atoms with Crippen molar-refractivity contribution in [2.24, 2.45) is 5.73 Å².